The maximum absolute atomic E-state index is 12.7. The largest absolute Gasteiger partial charge is 0.424 e. The van der Waals surface area contributed by atoms with E-state index in [1.165, 1.54) is 0 Å². The number of alkyl halides is 3. The maximum atomic E-state index is 12.7. The molecule has 0 bridgehead atoms. The zero-order valence-electron chi connectivity index (χ0n) is 14.4. The Morgan fingerprint density at radius 3 is 2.46 bits per heavy atom. The maximum Gasteiger partial charge on any atom is 0.417 e. The van der Waals surface area contributed by atoms with Gasteiger partial charge in [-0.05, 0) is 13.0 Å². The fourth-order valence-electron chi connectivity index (χ4n) is 2.87. The molecule has 0 N–H and O–H groups in total. The number of anilines is 1. The highest BCUT2D eigenvalue weighted by atomic mass is 35.5. The first-order valence-electron chi connectivity index (χ1n) is 8.33. The van der Waals surface area contributed by atoms with Crippen molar-refractivity contribution >= 4 is 17.4 Å². The van der Waals surface area contributed by atoms with Crippen molar-refractivity contribution in [3.63, 3.8) is 0 Å². The molecule has 0 radical (unpaired) electrons. The van der Waals surface area contributed by atoms with E-state index in [0.717, 1.165) is 12.3 Å². The van der Waals surface area contributed by atoms with Crippen molar-refractivity contribution in [2.75, 3.05) is 31.1 Å². The molecule has 1 saturated heterocycles. The number of nitrogens with zero attached hydrogens (tertiary/aromatic N) is 5. The summed E-state index contributed by atoms with van der Waals surface area (Å²) in [4.78, 5) is 7.99. The van der Waals surface area contributed by atoms with Crippen LogP contribution in [0.4, 0.5) is 19.0 Å². The Kier molecular flexibility index (Phi) is 5.38. The molecule has 3 rings (SSSR count). The standard InChI is InChI=1S/C16H19ClF3N5O/c1-3-13-22-23-15(26-13)10(2)24-4-6-25(7-5-24)14-12(17)8-11(9-21-14)16(18,19)20/h8-10H,3-7H2,1-2H3/t10-/m0/s1. The van der Waals surface area contributed by atoms with Crippen LogP contribution in [-0.4, -0.2) is 46.3 Å². The predicted molar refractivity (Wildman–Crippen MR) is 90.1 cm³/mol. The van der Waals surface area contributed by atoms with Crippen LogP contribution in [0.5, 0.6) is 0 Å². The molecule has 1 atom stereocenters. The van der Waals surface area contributed by atoms with Gasteiger partial charge < -0.3 is 9.32 Å². The van der Waals surface area contributed by atoms with Gasteiger partial charge >= 0.3 is 6.18 Å². The summed E-state index contributed by atoms with van der Waals surface area (Å²) in [5, 5.41) is 8.06. The van der Waals surface area contributed by atoms with E-state index in [9.17, 15) is 13.2 Å². The third-order valence-corrected chi connectivity index (χ3v) is 4.73. The van der Waals surface area contributed by atoms with Crippen LogP contribution in [0.2, 0.25) is 5.02 Å². The van der Waals surface area contributed by atoms with E-state index in [0.29, 0.717) is 50.2 Å². The van der Waals surface area contributed by atoms with Gasteiger partial charge in [0.2, 0.25) is 11.8 Å². The Bertz CT molecular complexity index is 759. The molecule has 1 aliphatic rings. The molecule has 3 heterocycles. The first kappa shape index (κ1) is 18.9. The summed E-state index contributed by atoms with van der Waals surface area (Å²) in [6, 6.07) is 0.893. The Morgan fingerprint density at radius 1 is 1.23 bits per heavy atom. The second kappa shape index (κ2) is 7.40. The Morgan fingerprint density at radius 2 is 1.92 bits per heavy atom. The molecular weight excluding hydrogens is 371 g/mol. The van der Waals surface area contributed by atoms with Crippen molar-refractivity contribution < 1.29 is 17.6 Å². The molecule has 0 spiro atoms. The van der Waals surface area contributed by atoms with Crippen LogP contribution < -0.4 is 4.90 Å². The Labute approximate surface area is 154 Å². The van der Waals surface area contributed by atoms with Crippen LogP contribution in [0, 0.1) is 0 Å². The van der Waals surface area contributed by atoms with E-state index in [4.69, 9.17) is 16.0 Å². The van der Waals surface area contributed by atoms with Crippen molar-refractivity contribution in [2.24, 2.45) is 0 Å². The van der Waals surface area contributed by atoms with Crippen molar-refractivity contribution in [1.29, 1.82) is 0 Å². The van der Waals surface area contributed by atoms with Gasteiger partial charge in [0, 0.05) is 38.8 Å². The fourth-order valence-corrected chi connectivity index (χ4v) is 3.16. The zero-order valence-corrected chi connectivity index (χ0v) is 15.2. The summed E-state index contributed by atoms with van der Waals surface area (Å²) in [6.07, 6.45) is -2.95. The first-order valence-corrected chi connectivity index (χ1v) is 8.71. The summed E-state index contributed by atoms with van der Waals surface area (Å²) < 4.78 is 43.8. The summed E-state index contributed by atoms with van der Waals surface area (Å²) in [6.45, 7) is 6.50. The molecular formula is C16H19ClF3N5O. The number of halogens is 4. The van der Waals surface area contributed by atoms with E-state index in [-0.39, 0.29) is 11.1 Å². The summed E-state index contributed by atoms with van der Waals surface area (Å²) in [7, 11) is 0. The second-order valence-electron chi connectivity index (χ2n) is 6.11. The molecule has 0 aliphatic carbocycles. The van der Waals surface area contributed by atoms with E-state index >= 15 is 0 Å². The molecule has 2 aromatic heterocycles. The normalized spacial score (nSPS) is 17.5. The molecule has 1 fully saturated rings. The lowest BCUT2D eigenvalue weighted by atomic mass is 10.2. The van der Waals surface area contributed by atoms with Gasteiger partial charge in [-0.2, -0.15) is 13.2 Å². The van der Waals surface area contributed by atoms with Gasteiger partial charge in [0.15, 0.2) is 0 Å². The van der Waals surface area contributed by atoms with Gasteiger partial charge in [0.05, 0.1) is 16.6 Å². The predicted octanol–water partition coefficient (Wildman–Crippen LogP) is 3.58. The van der Waals surface area contributed by atoms with E-state index in [2.05, 4.69) is 20.1 Å². The number of hydrogen-bond acceptors (Lipinski definition) is 6. The number of pyridine rings is 1. The fraction of sp³-hybridized carbons (Fsp3) is 0.562. The van der Waals surface area contributed by atoms with Crippen LogP contribution in [0.15, 0.2) is 16.7 Å². The van der Waals surface area contributed by atoms with Gasteiger partial charge in [0.1, 0.15) is 5.82 Å². The lowest BCUT2D eigenvalue weighted by molar-refractivity contribution is -0.137. The third kappa shape index (κ3) is 3.93. The number of piperazine rings is 1. The number of rotatable bonds is 4. The highest BCUT2D eigenvalue weighted by Gasteiger charge is 2.33. The monoisotopic (exact) mass is 389 g/mol. The zero-order chi connectivity index (χ0) is 18.9. The second-order valence-corrected chi connectivity index (χ2v) is 6.52. The van der Waals surface area contributed by atoms with Gasteiger partial charge in [-0.15, -0.1) is 10.2 Å². The first-order chi connectivity index (χ1) is 12.3. The van der Waals surface area contributed by atoms with E-state index in [1.807, 2.05) is 18.7 Å². The minimum Gasteiger partial charge on any atom is -0.424 e. The summed E-state index contributed by atoms with van der Waals surface area (Å²) >= 11 is 6.03. The minimum absolute atomic E-state index is 0.00538. The SMILES string of the molecule is CCc1nnc([C@H](C)N2CCN(c3ncc(C(F)(F)F)cc3Cl)CC2)o1. The molecule has 0 unspecified atom stereocenters. The average Bonchev–Trinajstić information content (AvgIpc) is 3.09. The molecule has 10 heteroatoms. The van der Waals surface area contributed by atoms with Crippen LogP contribution in [0.25, 0.3) is 0 Å². The van der Waals surface area contributed by atoms with Gasteiger partial charge in [0.25, 0.3) is 0 Å². The van der Waals surface area contributed by atoms with E-state index < -0.39 is 11.7 Å². The molecule has 0 saturated carbocycles. The number of aromatic nitrogens is 3. The number of aryl methyl sites for hydroxylation is 1. The highest BCUT2D eigenvalue weighted by Crippen LogP contribution is 2.34. The Balaban J connectivity index is 1.65. The van der Waals surface area contributed by atoms with Crippen LogP contribution in [-0.2, 0) is 12.6 Å². The number of hydrogen-bond donors (Lipinski definition) is 0. The Hall–Kier alpha value is -1.87. The topological polar surface area (TPSA) is 58.3 Å². The smallest absolute Gasteiger partial charge is 0.417 e. The molecule has 1 aliphatic heterocycles. The van der Waals surface area contributed by atoms with Crippen LogP contribution >= 0.6 is 11.6 Å². The molecule has 0 aromatic carbocycles. The van der Waals surface area contributed by atoms with E-state index in [1.54, 1.807) is 0 Å². The van der Waals surface area contributed by atoms with Crippen LogP contribution in [0.3, 0.4) is 0 Å². The van der Waals surface area contributed by atoms with Crippen LogP contribution in [0.1, 0.15) is 37.2 Å². The molecule has 2 aromatic rings. The van der Waals surface area contributed by atoms with Crippen molar-refractivity contribution in [1.82, 2.24) is 20.1 Å². The van der Waals surface area contributed by atoms with Crippen molar-refractivity contribution in [2.45, 2.75) is 32.5 Å². The van der Waals surface area contributed by atoms with Crippen molar-refractivity contribution in [3.05, 3.63) is 34.6 Å². The molecule has 142 valence electrons. The summed E-state index contributed by atoms with van der Waals surface area (Å²) in [5.74, 6) is 1.55. The quantitative estimate of drug-likeness (QED) is 0.796. The lowest BCUT2D eigenvalue weighted by Gasteiger charge is -2.37. The minimum atomic E-state index is -4.45. The molecule has 6 nitrogen and oxygen atoms in total. The lowest BCUT2D eigenvalue weighted by Crippen LogP contribution is -2.47. The van der Waals surface area contributed by atoms with Gasteiger partial charge in [-0.1, -0.05) is 18.5 Å². The van der Waals surface area contributed by atoms with Crippen molar-refractivity contribution in [3.8, 4) is 0 Å². The average molecular weight is 390 g/mol. The summed E-state index contributed by atoms with van der Waals surface area (Å²) in [5.41, 5.74) is -0.846. The van der Waals surface area contributed by atoms with Gasteiger partial charge in [-0.25, -0.2) is 4.98 Å². The third-order valence-electron chi connectivity index (χ3n) is 4.45. The molecule has 0 amide bonds. The highest BCUT2D eigenvalue weighted by molar-refractivity contribution is 6.33. The molecule has 26 heavy (non-hydrogen) atoms. The van der Waals surface area contributed by atoms with Gasteiger partial charge in [-0.3, -0.25) is 4.90 Å².